The lowest BCUT2D eigenvalue weighted by Crippen LogP contribution is -2.76. The van der Waals surface area contributed by atoms with Crippen LogP contribution in [0, 0.1) is 38.9 Å². The first-order chi connectivity index (χ1) is 9.72. The lowest BCUT2D eigenvalue weighted by Gasteiger charge is -2.59. The van der Waals surface area contributed by atoms with Crippen molar-refractivity contribution in [1.29, 1.82) is 10.5 Å². The van der Waals surface area contributed by atoms with Gasteiger partial charge >= 0.3 is 0 Å². The summed E-state index contributed by atoms with van der Waals surface area (Å²) >= 11 is 0. The molecule has 2 fully saturated rings. The smallest absolute Gasteiger partial charge is 0.249 e. The van der Waals surface area contributed by atoms with Gasteiger partial charge in [0, 0.05) is 24.5 Å². The Morgan fingerprint density at radius 1 is 1.19 bits per heavy atom. The van der Waals surface area contributed by atoms with Crippen molar-refractivity contribution < 1.29 is 9.59 Å². The van der Waals surface area contributed by atoms with Gasteiger partial charge in [-0.15, -0.1) is 0 Å². The lowest BCUT2D eigenvalue weighted by molar-refractivity contribution is -0.175. The van der Waals surface area contributed by atoms with Crippen molar-refractivity contribution in [2.24, 2.45) is 16.2 Å². The van der Waals surface area contributed by atoms with Crippen molar-refractivity contribution in [3.63, 3.8) is 0 Å². The molecule has 21 heavy (non-hydrogen) atoms. The first kappa shape index (κ1) is 15.5. The second kappa shape index (κ2) is 4.54. The van der Waals surface area contributed by atoms with Crippen molar-refractivity contribution in [2.45, 2.75) is 40.2 Å². The topological polar surface area (TPSA) is 97.0 Å². The molecule has 2 heterocycles. The van der Waals surface area contributed by atoms with E-state index in [2.05, 4.69) is 17.5 Å². The second-order valence-electron chi connectivity index (χ2n) is 6.60. The summed E-state index contributed by atoms with van der Waals surface area (Å²) in [7, 11) is 0. The molecule has 0 saturated carbocycles. The second-order valence-corrected chi connectivity index (χ2v) is 6.60. The van der Waals surface area contributed by atoms with Gasteiger partial charge in [-0.05, 0) is 13.3 Å². The molecular formula is C15H20N4O2. The average molecular weight is 288 g/mol. The number of imide groups is 1. The van der Waals surface area contributed by atoms with E-state index in [0.717, 1.165) is 6.42 Å². The first-order valence-corrected chi connectivity index (χ1v) is 7.15. The minimum Gasteiger partial charge on any atom is -0.296 e. The maximum Gasteiger partial charge on any atom is 0.249 e. The van der Waals surface area contributed by atoms with E-state index in [1.165, 1.54) is 0 Å². The maximum atomic E-state index is 12.4. The standard InChI is InChI=1S/C15H20N4O2/c1-5-10(2)19-8-14(6-16)11(20)18-12(21)15(7-17,9-19)13(14,3)4/h10H,5,8-9H2,1-4H3,(H,18,20,21). The summed E-state index contributed by atoms with van der Waals surface area (Å²) in [5, 5.41) is 21.7. The van der Waals surface area contributed by atoms with Gasteiger partial charge in [-0.25, -0.2) is 0 Å². The maximum absolute atomic E-state index is 12.4. The van der Waals surface area contributed by atoms with Gasteiger partial charge in [0.15, 0.2) is 10.8 Å². The molecule has 2 saturated heterocycles. The Bertz CT molecular complexity index is 541. The van der Waals surface area contributed by atoms with Crippen LogP contribution in [0.4, 0.5) is 0 Å². The Balaban J connectivity index is 2.68. The van der Waals surface area contributed by atoms with Crippen molar-refractivity contribution in [3.8, 4) is 12.1 Å². The van der Waals surface area contributed by atoms with E-state index in [-0.39, 0.29) is 19.1 Å². The summed E-state index contributed by atoms with van der Waals surface area (Å²) in [4.78, 5) is 26.7. The summed E-state index contributed by atoms with van der Waals surface area (Å²) in [5.74, 6) is -1.17. The molecule has 0 aromatic rings. The van der Waals surface area contributed by atoms with E-state index in [4.69, 9.17) is 0 Å². The van der Waals surface area contributed by atoms with Crippen LogP contribution in [0.25, 0.3) is 0 Å². The van der Waals surface area contributed by atoms with E-state index in [1.807, 2.05) is 18.7 Å². The molecule has 112 valence electrons. The fourth-order valence-corrected chi connectivity index (χ4v) is 3.47. The zero-order valence-corrected chi connectivity index (χ0v) is 12.9. The first-order valence-electron chi connectivity index (χ1n) is 7.15. The number of carbonyl (C=O) groups excluding carboxylic acids is 2. The third-order valence-electron chi connectivity index (χ3n) is 5.61. The summed E-state index contributed by atoms with van der Waals surface area (Å²) in [6, 6.07) is 4.34. The number of carbonyl (C=O) groups is 2. The van der Waals surface area contributed by atoms with Crippen LogP contribution >= 0.6 is 0 Å². The normalized spacial score (nSPS) is 36.3. The van der Waals surface area contributed by atoms with Gasteiger partial charge in [-0.1, -0.05) is 20.8 Å². The molecule has 0 aromatic heterocycles. The highest BCUT2D eigenvalue weighted by atomic mass is 16.2. The van der Waals surface area contributed by atoms with Crippen molar-refractivity contribution >= 4 is 11.8 Å². The van der Waals surface area contributed by atoms with E-state index in [9.17, 15) is 20.1 Å². The van der Waals surface area contributed by atoms with Gasteiger partial charge in [0.2, 0.25) is 11.8 Å². The van der Waals surface area contributed by atoms with Gasteiger partial charge in [-0.2, -0.15) is 10.5 Å². The number of hydrogen-bond donors (Lipinski definition) is 1. The minimum atomic E-state index is -1.39. The number of fused-ring (bicyclic) bond motifs is 2. The fourth-order valence-electron chi connectivity index (χ4n) is 3.47. The zero-order chi connectivity index (χ0) is 16.1. The number of nitriles is 2. The Morgan fingerprint density at radius 3 is 1.95 bits per heavy atom. The molecule has 6 heteroatoms. The highest BCUT2D eigenvalue weighted by molar-refractivity contribution is 6.07. The molecule has 3 unspecified atom stereocenters. The molecule has 2 bridgehead atoms. The highest BCUT2D eigenvalue weighted by Gasteiger charge is 2.72. The number of amides is 2. The van der Waals surface area contributed by atoms with Crippen LogP contribution < -0.4 is 5.32 Å². The lowest BCUT2D eigenvalue weighted by atomic mass is 9.48. The van der Waals surface area contributed by atoms with Crippen LogP contribution in [0.2, 0.25) is 0 Å². The molecular weight excluding hydrogens is 268 g/mol. The SMILES string of the molecule is CCC(C)N1CC2(C#N)C(=O)NC(=O)C(C#N)(C1)C2(C)C. The van der Waals surface area contributed by atoms with Gasteiger partial charge < -0.3 is 0 Å². The number of nitrogens with one attached hydrogen (secondary N) is 1. The van der Waals surface area contributed by atoms with E-state index in [0.29, 0.717) is 0 Å². The Kier molecular flexibility index (Phi) is 3.35. The monoisotopic (exact) mass is 288 g/mol. The summed E-state index contributed by atoms with van der Waals surface area (Å²) in [5.41, 5.74) is -3.82. The van der Waals surface area contributed by atoms with Gasteiger partial charge in [0.1, 0.15) is 0 Å². The predicted octanol–water partition coefficient (Wildman–Crippen LogP) is 0.803. The molecule has 0 radical (unpaired) electrons. The molecule has 0 aliphatic carbocycles. The third kappa shape index (κ3) is 1.60. The van der Waals surface area contributed by atoms with E-state index < -0.39 is 28.1 Å². The molecule has 2 amide bonds. The molecule has 2 aliphatic rings. The highest BCUT2D eigenvalue weighted by Crippen LogP contribution is 2.58. The predicted molar refractivity (Wildman–Crippen MR) is 74.3 cm³/mol. The number of rotatable bonds is 2. The van der Waals surface area contributed by atoms with Crippen LogP contribution in [0.3, 0.4) is 0 Å². The van der Waals surface area contributed by atoms with Gasteiger partial charge in [-0.3, -0.25) is 19.8 Å². The molecule has 2 rings (SSSR count). The molecule has 3 atom stereocenters. The summed E-state index contributed by atoms with van der Waals surface area (Å²) < 4.78 is 0. The summed E-state index contributed by atoms with van der Waals surface area (Å²) in [6.45, 7) is 7.84. The van der Waals surface area contributed by atoms with Crippen molar-refractivity contribution in [2.75, 3.05) is 13.1 Å². The molecule has 0 spiro atoms. The fraction of sp³-hybridized carbons (Fsp3) is 0.733. The third-order valence-corrected chi connectivity index (χ3v) is 5.61. The van der Waals surface area contributed by atoms with Crippen molar-refractivity contribution in [3.05, 3.63) is 0 Å². The molecule has 6 nitrogen and oxygen atoms in total. The van der Waals surface area contributed by atoms with Crippen LogP contribution in [-0.4, -0.2) is 35.8 Å². The van der Waals surface area contributed by atoms with Crippen LogP contribution in [-0.2, 0) is 9.59 Å². The van der Waals surface area contributed by atoms with E-state index >= 15 is 0 Å². The van der Waals surface area contributed by atoms with Crippen LogP contribution in [0.1, 0.15) is 34.1 Å². The van der Waals surface area contributed by atoms with Gasteiger partial charge in [0.25, 0.3) is 0 Å². The van der Waals surface area contributed by atoms with Gasteiger partial charge in [0.05, 0.1) is 12.1 Å². The minimum absolute atomic E-state index is 0.0975. The summed E-state index contributed by atoms with van der Waals surface area (Å²) in [6.07, 6.45) is 0.819. The largest absolute Gasteiger partial charge is 0.296 e. The zero-order valence-electron chi connectivity index (χ0n) is 12.9. The number of piperidine rings is 2. The number of hydrogen-bond acceptors (Lipinski definition) is 5. The Morgan fingerprint density at radius 2 is 1.62 bits per heavy atom. The Hall–Kier alpha value is -1.92. The quantitative estimate of drug-likeness (QED) is 0.758. The van der Waals surface area contributed by atoms with E-state index in [1.54, 1.807) is 13.8 Å². The van der Waals surface area contributed by atoms with Crippen LogP contribution in [0.5, 0.6) is 0 Å². The molecule has 0 aromatic carbocycles. The number of nitrogens with zero attached hydrogens (tertiary/aromatic N) is 3. The molecule has 2 aliphatic heterocycles. The van der Waals surface area contributed by atoms with Crippen LogP contribution in [0.15, 0.2) is 0 Å². The Labute approximate surface area is 124 Å². The number of likely N-dealkylation sites (tertiary alicyclic amines) is 1. The van der Waals surface area contributed by atoms with Crippen molar-refractivity contribution in [1.82, 2.24) is 10.2 Å². The molecule has 1 N–H and O–H groups in total. The average Bonchev–Trinajstić information content (AvgIpc) is 2.44.